The molecule has 2 unspecified atom stereocenters. The van der Waals surface area contributed by atoms with Gasteiger partial charge in [-0.1, -0.05) is 20.8 Å². The van der Waals surface area contributed by atoms with Crippen molar-refractivity contribution in [1.29, 1.82) is 0 Å². The van der Waals surface area contributed by atoms with Gasteiger partial charge in [0.15, 0.2) is 11.3 Å². The number of amides is 1. The number of imidazole rings is 1. The van der Waals surface area contributed by atoms with Gasteiger partial charge >= 0.3 is 11.9 Å². The number of pyridine rings is 1. The van der Waals surface area contributed by atoms with Crippen LogP contribution in [0.1, 0.15) is 49.8 Å². The number of piperazine rings is 1. The van der Waals surface area contributed by atoms with Crippen LogP contribution in [0.4, 0.5) is 19.0 Å². The number of piperidine rings is 2. The number of aromatic nitrogens is 5. The number of fused-ring (bicyclic) bond motifs is 4. The average molecular weight is 492 g/mol. The highest BCUT2D eigenvalue weighted by atomic mass is 19.4. The van der Waals surface area contributed by atoms with Crippen LogP contribution in [0.25, 0.3) is 11.2 Å². The zero-order chi connectivity index (χ0) is 25.3. The molecule has 3 aliphatic heterocycles. The second kappa shape index (κ2) is 7.85. The molecule has 0 radical (unpaired) electrons. The number of carbonyl (C=O) groups is 1. The summed E-state index contributed by atoms with van der Waals surface area (Å²) in [6.07, 6.45) is -2.99. The first kappa shape index (κ1) is 23.4. The maximum absolute atomic E-state index is 12.9. The highest BCUT2D eigenvalue weighted by Crippen LogP contribution is 2.34. The molecule has 6 rings (SSSR count). The number of nitrogens with one attached hydrogen (secondary N) is 1. The van der Waals surface area contributed by atoms with Crippen molar-refractivity contribution in [1.82, 2.24) is 29.2 Å². The Bertz CT molecular complexity index is 1350. The Balaban J connectivity index is 1.39. The first-order valence-corrected chi connectivity index (χ1v) is 11.6. The summed E-state index contributed by atoms with van der Waals surface area (Å²) in [6, 6.07) is 4.39. The fraction of sp³-hybridized carbons (Fsp3) is 0.565. The molecule has 2 bridgehead atoms. The molecule has 35 heavy (non-hydrogen) atoms. The normalized spacial score (nSPS) is 20.8. The third-order valence-electron chi connectivity index (χ3n) is 6.79. The number of aromatic amines is 1. The van der Waals surface area contributed by atoms with E-state index in [1.807, 2.05) is 17.2 Å². The van der Waals surface area contributed by atoms with Gasteiger partial charge in [0, 0.05) is 44.8 Å². The monoisotopic (exact) mass is 491 g/mol. The Morgan fingerprint density at radius 2 is 1.86 bits per heavy atom. The Morgan fingerprint density at radius 3 is 2.46 bits per heavy atom. The number of rotatable bonds is 3. The lowest BCUT2D eigenvalue weighted by molar-refractivity contribution is -0.141. The van der Waals surface area contributed by atoms with Crippen molar-refractivity contribution in [2.45, 2.75) is 58.4 Å². The Hall–Kier alpha value is -3.31. The molecule has 188 valence electrons. The van der Waals surface area contributed by atoms with E-state index in [9.17, 15) is 22.8 Å². The van der Waals surface area contributed by atoms with Gasteiger partial charge in [0.2, 0.25) is 0 Å². The summed E-state index contributed by atoms with van der Waals surface area (Å²) in [7, 11) is 1.71. The van der Waals surface area contributed by atoms with E-state index in [1.165, 1.54) is 0 Å². The highest BCUT2D eigenvalue weighted by molar-refractivity contribution is 5.93. The third-order valence-corrected chi connectivity index (χ3v) is 6.79. The first-order chi connectivity index (χ1) is 16.3. The lowest BCUT2D eigenvalue weighted by Gasteiger charge is -2.51. The van der Waals surface area contributed by atoms with Crippen LogP contribution < -0.4 is 10.6 Å². The first-order valence-electron chi connectivity index (χ1n) is 11.6. The van der Waals surface area contributed by atoms with Crippen molar-refractivity contribution < 1.29 is 18.0 Å². The molecular weight excluding hydrogens is 463 g/mol. The second-order valence-electron chi connectivity index (χ2n) is 10.7. The Labute approximate surface area is 199 Å². The van der Waals surface area contributed by atoms with Crippen LogP contribution in [0, 0.1) is 5.41 Å². The van der Waals surface area contributed by atoms with Crippen molar-refractivity contribution >= 4 is 22.9 Å². The van der Waals surface area contributed by atoms with Gasteiger partial charge in [0.05, 0.1) is 5.52 Å². The molecule has 3 fully saturated rings. The average Bonchev–Trinajstić information content (AvgIpc) is 3.38. The largest absolute Gasteiger partial charge is 0.432 e. The number of anilines is 1. The topological polar surface area (TPSA) is 92.1 Å². The molecule has 1 amide bonds. The highest BCUT2D eigenvalue weighted by Gasteiger charge is 2.43. The van der Waals surface area contributed by atoms with Gasteiger partial charge in [-0.2, -0.15) is 18.3 Å². The van der Waals surface area contributed by atoms with E-state index in [4.69, 9.17) is 4.98 Å². The molecule has 0 saturated carbocycles. The molecule has 1 N–H and O–H groups in total. The van der Waals surface area contributed by atoms with Crippen molar-refractivity contribution in [3.63, 3.8) is 0 Å². The van der Waals surface area contributed by atoms with Gasteiger partial charge in [0.1, 0.15) is 11.5 Å². The molecular formula is C23H28F3N7O2. The van der Waals surface area contributed by atoms with E-state index in [-0.39, 0.29) is 28.9 Å². The van der Waals surface area contributed by atoms with Crippen molar-refractivity contribution in [3.05, 3.63) is 40.1 Å². The number of halogens is 3. The quantitative estimate of drug-likeness (QED) is 0.608. The Morgan fingerprint density at radius 1 is 1.14 bits per heavy atom. The minimum Gasteiger partial charge on any atom is -0.350 e. The summed E-state index contributed by atoms with van der Waals surface area (Å²) < 4.78 is 42.0. The molecule has 3 aliphatic rings. The molecule has 3 aromatic heterocycles. The third kappa shape index (κ3) is 4.08. The van der Waals surface area contributed by atoms with Crippen LogP contribution in [0.15, 0.2) is 23.0 Å². The summed E-state index contributed by atoms with van der Waals surface area (Å²) in [5.74, 6) is 0.220. The minimum absolute atomic E-state index is 0.0244. The number of carbonyl (C=O) groups excluding carboxylic acids is 1. The minimum atomic E-state index is -4.58. The van der Waals surface area contributed by atoms with Gasteiger partial charge in [0.25, 0.3) is 5.91 Å². The number of H-pyrrole nitrogens is 1. The summed E-state index contributed by atoms with van der Waals surface area (Å²) >= 11 is 0. The summed E-state index contributed by atoms with van der Waals surface area (Å²) in [5, 5.41) is 5.52. The predicted molar refractivity (Wildman–Crippen MR) is 123 cm³/mol. The Kier molecular flexibility index (Phi) is 5.26. The van der Waals surface area contributed by atoms with E-state index in [0.717, 1.165) is 30.2 Å². The molecule has 3 aromatic rings. The van der Waals surface area contributed by atoms with Gasteiger partial charge in [-0.05, 0) is 30.4 Å². The maximum Gasteiger partial charge on any atom is 0.432 e. The summed E-state index contributed by atoms with van der Waals surface area (Å²) in [6.45, 7) is 7.68. The van der Waals surface area contributed by atoms with Gasteiger partial charge in [-0.15, -0.1) is 0 Å². The molecule has 0 aromatic carbocycles. The lowest BCUT2D eigenvalue weighted by Crippen LogP contribution is -2.64. The van der Waals surface area contributed by atoms with E-state index in [0.29, 0.717) is 25.3 Å². The van der Waals surface area contributed by atoms with E-state index >= 15 is 0 Å². The molecule has 0 aliphatic carbocycles. The molecule has 9 nitrogen and oxygen atoms in total. The maximum atomic E-state index is 12.9. The van der Waals surface area contributed by atoms with Crippen LogP contribution in [0.5, 0.6) is 0 Å². The number of alkyl halides is 3. The molecule has 3 saturated heterocycles. The van der Waals surface area contributed by atoms with Crippen LogP contribution in [0.3, 0.4) is 0 Å². The van der Waals surface area contributed by atoms with Crippen LogP contribution in [-0.4, -0.2) is 60.3 Å². The lowest BCUT2D eigenvalue weighted by atomic mass is 9.90. The van der Waals surface area contributed by atoms with Crippen LogP contribution >= 0.6 is 0 Å². The number of nitrogens with zero attached hydrogens (tertiary/aromatic N) is 6. The SMILES string of the molecule is Cn1c(=O)n(CC(C)(C)C)c2ccc(N3CC4CCC3CN4C(=O)c3cc(C(F)(F)F)[nH]n3)nc21. The van der Waals surface area contributed by atoms with Crippen molar-refractivity contribution in [2.75, 3.05) is 18.0 Å². The zero-order valence-corrected chi connectivity index (χ0v) is 20.1. The van der Waals surface area contributed by atoms with Gasteiger partial charge in [-0.3, -0.25) is 19.0 Å². The molecule has 2 atom stereocenters. The predicted octanol–water partition coefficient (Wildman–Crippen LogP) is 3.02. The number of hydrogen-bond acceptors (Lipinski definition) is 5. The van der Waals surface area contributed by atoms with Gasteiger partial charge < -0.3 is 9.80 Å². The number of aryl methyl sites for hydroxylation is 1. The summed E-state index contributed by atoms with van der Waals surface area (Å²) in [5.41, 5.74) is -0.0870. The summed E-state index contributed by atoms with van der Waals surface area (Å²) in [4.78, 5) is 34.4. The number of hydrogen-bond donors (Lipinski definition) is 1. The van der Waals surface area contributed by atoms with Crippen LogP contribution in [-0.2, 0) is 19.8 Å². The zero-order valence-electron chi connectivity index (χ0n) is 20.1. The van der Waals surface area contributed by atoms with E-state index in [1.54, 1.807) is 21.1 Å². The fourth-order valence-corrected chi connectivity index (χ4v) is 5.13. The van der Waals surface area contributed by atoms with Crippen LogP contribution in [0.2, 0.25) is 0 Å². The smallest absolute Gasteiger partial charge is 0.350 e. The standard InChI is InChI=1S/C23H28F3N7O2/c1-22(2,3)12-33-16-7-8-18(27-19(16)30(4)21(33)35)31-10-14-6-5-13(31)11-32(14)20(34)15-9-17(29-28-15)23(24,25)26/h7-9,13-14H,5-6,10-12H2,1-4H3,(H,28,29). The van der Waals surface area contributed by atoms with E-state index in [2.05, 4.69) is 30.8 Å². The molecule has 6 heterocycles. The second-order valence-corrected chi connectivity index (χ2v) is 10.7. The molecule has 0 spiro atoms. The van der Waals surface area contributed by atoms with E-state index < -0.39 is 17.8 Å². The fourth-order valence-electron chi connectivity index (χ4n) is 5.13. The van der Waals surface area contributed by atoms with Gasteiger partial charge in [-0.25, -0.2) is 9.78 Å². The van der Waals surface area contributed by atoms with Crippen molar-refractivity contribution in [2.24, 2.45) is 12.5 Å². The van der Waals surface area contributed by atoms with Crippen molar-refractivity contribution in [3.8, 4) is 0 Å². The molecule has 12 heteroatoms.